The predicted molar refractivity (Wildman–Crippen MR) is 79.0 cm³/mol. The van der Waals surface area contributed by atoms with E-state index < -0.39 is 0 Å². The summed E-state index contributed by atoms with van der Waals surface area (Å²) in [6, 6.07) is 8.93. The Hall–Kier alpha value is -1.50. The summed E-state index contributed by atoms with van der Waals surface area (Å²) in [7, 11) is 0. The van der Waals surface area contributed by atoms with Gasteiger partial charge in [-0.05, 0) is 53.8 Å². The summed E-state index contributed by atoms with van der Waals surface area (Å²) in [4.78, 5) is 0. The average Bonchev–Trinajstić information content (AvgIpc) is 2.79. The normalized spacial score (nSPS) is 13.4. The molecule has 18 heavy (non-hydrogen) atoms. The second kappa shape index (κ2) is 4.64. The summed E-state index contributed by atoms with van der Waals surface area (Å²) in [5.74, 6) is 0. The van der Waals surface area contributed by atoms with Gasteiger partial charge in [0.2, 0.25) is 0 Å². The van der Waals surface area contributed by atoms with Crippen molar-refractivity contribution in [2.75, 3.05) is 5.73 Å². The molecule has 0 amide bonds. The molecule has 2 aromatic rings. The Morgan fingerprint density at radius 2 is 1.67 bits per heavy atom. The van der Waals surface area contributed by atoms with Gasteiger partial charge in [0.25, 0.3) is 0 Å². The standard InChI is InChI=1S/C17H21N/c1-2-3-4-5-12-6-7-13-8-9-14-10-11-15(18)17(12)16(13)14/h6-7,10-11H,2-5,8-9,18H2,1H3. The Kier molecular flexibility index (Phi) is 2.99. The van der Waals surface area contributed by atoms with Gasteiger partial charge in [-0.25, -0.2) is 0 Å². The third kappa shape index (κ3) is 1.78. The van der Waals surface area contributed by atoms with Crippen LogP contribution in [0.25, 0.3) is 10.8 Å². The van der Waals surface area contributed by atoms with Crippen LogP contribution in [0.4, 0.5) is 5.69 Å². The number of anilines is 1. The maximum atomic E-state index is 6.23. The van der Waals surface area contributed by atoms with E-state index in [1.54, 1.807) is 0 Å². The van der Waals surface area contributed by atoms with Crippen LogP contribution < -0.4 is 5.73 Å². The Bertz CT molecular complexity index is 573. The van der Waals surface area contributed by atoms with Crippen molar-refractivity contribution in [1.29, 1.82) is 0 Å². The van der Waals surface area contributed by atoms with Crippen molar-refractivity contribution in [3.8, 4) is 0 Å². The van der Waals surface area contributed by atoms with Gasteiger partial charge in [-0.15, -0.1) is 0 Å². The lowest BCUT2D eigenvalue weighted by molar-refractivity contribution is 0.719. The molecule has 0 saturated carbocycles. The monoisotopic (exact) mass is 239 g/mol. The zero-order chi connectivity index (χ0) is 12.5. The lowest BCUT2D eigenvalue weighted by Gasteiger charge is -2.11. The number of hydrogen-bond acceptors (Lipinski definition) is 1. The zero-order valence-corrected chi connectivity index (χ0v) is 11.1. The van der Waals surface area contributed by atoms with Crippen LogP contribution in [0.3, 0.4) is 0 Å². The van der Waals surface area contributed by atoms with Gasteiger partial charge >= 0.3 is 0 Å². The summed E-state index contributed by atoms with van der Waals surface area (Å²) in [5, 5.41) is 2.81. The molecule has 0 heterocycles. The fraction of sp³-hybridized carbons (Fsp3) is 0.412. The van der Waals surface area contributed by atoms with Gasteiger partial charge in [-0.3, -0.25) is 0 Å². The number of rotatable bonds is 4. The first-order valence-electron chi connectivity index (χ1n) is 7.13. The minimum atomic E-state index is 0.962. The highest BCUT2D eigenvalue weighted by Crippen LogP contribution is 2.36. The molecular formula is C17H21N. The third-order valence-electron chi connectivity index (χ3n) is 4.17. The minimum absolute atomic E-state index is 0.962. The molecule has 3 rings (SSSR count). The molecule has 0 atom stereocenters. The summed E-state index contributed by atoms with van der Waals surface area (Å²) in [6.45, 7) is 2.25. The van der Waals surface area contributed by atoms with E-state index in [9.17, 15) is 0 Å². The van der Waals surface area contributed by atoms with Crippen molar-refractivity contribution in [2.24, 2.45) is 0 Å². The SMILES string of the molecule is CCCCCc1ccc2c3c(ccc(N)c13)CC2. The van der Waals surface area contributed by atoms with E-state index in [2.05, 4.69) is 31.2 Å². The first kappa shape index (κ1) is 11.6. The predicted octanol–water partition coefficient (Wildman–Crippen LogP) is 4.25. The Balaban J connectivity index is 2.10. The van der Waals surface area contributed by atoms with Crippen LogP contribution in [0.2, 0.25) is 0 Å². The lowest BCUT2D eigenvalue weighted by Crippen LogP contribution is -1.95. The highest BCUT2D eigenvalue weighted by molar-refractivity contribution is 6.01. The number of aryl methyl sites for hydroxylation is 3. The maximum absolute atomic E-state index is 6.23. The van der Waals surface area contributed by atoms with Crippen LogP contribution in [0.5, 0.6) is 0 Å². The molecule has 1 nitrogen and oxygen atoms in total. The molecule has 2 N–H and O–H groups in total. The van der Waals surface area contributed by atoms with Crippen LogP contribution in [0.1, 0.15) is 42.9 Å². The Morgan fingerprint density at radius 3 is 2.39 bits per heavy atom. The lowest BCUT2D eigenvalue weighted by atomic mass is 9.95. The second-order valence-electron chi connectivity index (χ2n) is 5.40. The van der Waals surface area contributed by atoms with E-state index in [1.807, 2.05) is 0 Å². The molecule has 1 aliphatic rings. The number of hydrogen-bond donors (Lipinski definition) is 1. The molecule has 0 aromatic heterocycles. The maximum Gasteiger partial charge on any atom is 0.0396 e. The highest BCUT2D eigenvalue weighted by Gasteiger charge is 2.17. The molecule has 0 spiro atoms. The molecule has 0 aliphatic heterocycles. The van der Waals surface area contributed by atoms with E-state index in [0.29, 0.717) is 0 Å². The quantitative estimate of drug-likeness (QED) is 0.626. The van der Waals surface area contributed by atoms with E-state index in [0.717, 1.165) is 12.1 Å². The van der Waals surface area contributed by atoms with Crippen molar-refractivity contribution in [3.63, 3.8) is 0 Å². The number of nitrogen functional groups attached to an aromatic ring is 1. The van der Waals surface area contributed by atoms with Crippen molar-refractivity contribution >= 4 is 16.5 Å². The molecule has 2 aromatic carbocycles. The van der Waals surface area contributed by atoms with Gasteiger partial charge in [0, 0.05) is 11.1 Å². The Labute approximate surface area is 109 Å². The van der Waals surface area contributed by atoms with Crippen LogP contribution >= 0.6 is 0 Å². The van der Waals surface area contributed by atoms with E-state index in [4.69, 9.17) is 5.73 Å². The third-order valence-corrected chi connectivity index (χ3v) is 4.17. The van der Waals surface area contributed by atoms with Crippen LogP contribution in [-0.4, -0.2) is 0 Å². The summed E-state index contributed by atoms with van der Waals surface area (Å²) < 4.78 is 0. The van der Waals surface area contributed by atoms with Gasteiger partial charge in [-0.2, -0.15) is 0 Å². The molecule has 1 heteroatoms. The first-order chi connectivity index (χ1) is 8.81. The topological polar surface area (TPSA) is 26.0 Å². The van der Waals surface area contributed by atoms with Crippen LogP contribution in [0.15, 0.2) is 24.3 Å². The number of nitrogens with two attached hydrogens (primary N) is 1. The minimum Gasteiger partial charge on any atom is -0.398 e. The van der Waals surface area contributed by atoms with Gasteiger partial charge in [0.15, 0.2) is 0 Å². The number of unbranched alkanes of at least 4 members (excludes halogenated alkanes) is 2. The van der Waals surface area contributed by atoms with Gasteiger partial charge < -0.3 is 5.73 Å². The zero-order valence-electron chi connectivity index (χ0n) is 11.1. The van der Waals surface area contributed by atoms with Crippen molar-refractivity contribution < 1.29 is 0 Å². The van der Waals surface area contributed by atoms with Crippen LogP contribution in [-0.2, 0) is 19.3 Å². The molecule has 0 bridgehead atoms. The molecule has 1 aliphatic carbocycles. The number of benzene rings is 2. The summed E-state index contributed by atoms with van der Waals surface area (Å²) in [5.41, 5.74) is 11.6. The fourth-order valence-electron chi connectivity index (χ4n) is 3.20. The average molecular weight is 239 g/mol. The van der Waals surface area contributed by atoms with Crippen molar-refractivity contribution in [3.05, 3.63) is 41.0 Å². The highest BCUT2D eigenvalue weighted by atomic mass is 14.6. The summed E-state index contributed by atoms with van der Waals surface area (Å²) >= 11 is 0. The molecule has 0 fully saturated rings. The van der Waals surface area contributed by atoms with E-state index in [1.165, 1.54) is 59.6 Å². The summed E-state index contributed by atoms with van der Waals surface area (Å²) in [6.07, 6.45) is 7.39. The molecule has 0 radical (unpaired) electrons. The molecule has 94 valence electrons. The smallest absolute Gasteiger partial charge is 0.0396 e. The Morgan fingerprint density at radius 1 is 0.944 bits per heavy atom. The van der Waals surface area contributed by atoms with Gasteiger partial charge in [0.05, 0.1) is 0 Å². The molecule has 0 unspecified atom stereocenters. The largest absolute Gasteiger partial charge is 0.398 e. The van der Waals surface area contributed by atoms with Gasteiger partial charge in [0.1, 0.15) is 0 Å². The molecular weight excluding hydrogens is 218 g/mol. The first-order valence-corrected chi connectivity index (χ1v) is 7.13. The second-order valence-corrected chi connectivity index (χ2v) is 5.40. The van der Waals surface area contributed by atoms with Gasteiger partial charge in [-0.1, -0.05) is 38.0 Å². The van der Waals surface area contributed by atoms with Crippen molar-refractivity contribution in [1.82, 2.24) is 0 Å². The molecule has 0 saturated heterocycles. The van der Waals surface area contributed by atoms with E-state index in [-0.39, 0.29) is 0 Å². The van der Waals surface area contributed by atoms with E-state index >= 15 is 0 Å². The van der Waals surface area contributed by atoms with Crippen LogP contribution in [0, 0.1) is 0 Å². The fourth-order valence-corrected chi connectivity index (χ4v) is 3.20. The van der Waals surface area contributed by atoms with Crippen molar-refractivity contribution in [2.45, 2.75) is 45.4 Å².